The van der Waals surface area contributed by atoms with E-state index in [0.717, 1.165) is 23.4 Å². The summed E-state index contributed by atoms with van der Waals surface area (Å²) in [5.74, 6) is 0. The zero-order chi connectivity index (χ0) is 16.5. The van der Waals surface area contributed by atoms with E-state index in [4.69, 9.17) is 0 Å². The van der Waals surface area contributed by atoms with Gasteiger partial charge >= 0.3 is 6.18 Å². The Bertz CT molecular complexity index is 710. The van der Waals surface area contributed by atoms with Gasteiger partial charge in [-0.05, 0) is 13.0 Å². The van der Waals surface area contributed by atoms with Crippen LogP contribution in [0.15, 0.2) is 24.4 Å². The SMILES string of the molecule is Cc1c(CNc2ccc([N+](=O)[O-])cc2C(F)(F)F)cnn1C. The van der Waals surface area contributed by atoms with Crippen LogP contribution in [0, 0.1) is 17.0 Å². The quantitative estimate of drug-likeness (QED) is 0.694. The Hall–Kier alpha value is -2.58. The summed E-state index contributed by atoms with van der Waals surface area (Å²) in [5.41, 5.74) is -0.308. The Balaban J connectivity index is 2.30. The van der Waals surface area contributed by atoms with Crippen molar-refractivity contribution in [2.24, 2.45) is 7.05 Å². The van der Waals surface area contributed by atoms with Crippen LogP contribution in [0.2, 0.25) is 0 Å². The van der Waals surface area contributed by atoms with Crippen molar-refractivity contribution in [1.29, 1.82) is 0 Å². The van der Waals surface area contributed by atoms with E-state index in [9.17, 15) is 23.3 Å². The highest BCUT2D eigenvalue weighted by molar-refractivity contribution is 5.57. The standard InChI is InChI=1S/C13H13F3N4O2/c1-8-9(7-18-19(8)2)6-17-12-4-3-10(20(21)22)5-11(12)13(14,15)16/h3-5,7,17H,6H2,1-2H3. The van der Waals surface area contributed by atoms with Crippen molar-refractivity contribution >= 4 is 11.4 Å². The Morgan fingerprint density at radius 1 is 1.41 bits per heavy atom. The molecule has 0 radical (unpaired) electrons. The number of hydrogen-bond donors (Lipinski definition) is 1. The Morgan fingerprint density at radius 2 is 2.09 bits per heavy atom. The Labute approximate surface area is 123 Å². The van der Waals surface area contributed by atoms with Crippen LogP contribution in [-0.4, -0.2) is 14.7 Å². The van der Waals surface area contributed by atoms with Gasteiger partial charge in [-0.25, -0.2) is 0 Å². The van der Waals surface area contributed by atoms with Crippen LogP contribution in [0.4, 0.5) is 24.5 Å². The fourth-order valence-electron chi connectivity index (χ4n) is 1.94. The van der Waals surface area contributed by atoms with Crippen molar-refractivity contribution in [2.45, 2.75) is 19.6 Å². The number of hydrogen-bond acceptors (Lipinski definition) is 4. The summed E-state index contributed by atoms with van der Waals surface area (Å²) in [7, 11) is 1.73. The molecule has 1 aromatic heterocycles. The molecule has 0 bridgehead atoms. The van der Waals surface area contributed by atoms with Crippen molar-refractivity contribution < 1.29 is 18.1 Å². The van der Waals surface area contributed by atoms with E-state index < -0.39 is 22.4 Å². The minimum atomic E-state index is -4.68. The zero-order valence-corrected chi connectivity index (χ0v) is 11.8. The molecule has 0 spiro atoms. The van der Waals surface area contributed by atoms with Gasteiger partial charge in [0.05, 0.1) is 16.7 Å². The fourth-order valence-corrected chi connectivity index (χ4v) is 1.94. The summed E-state index contributed by atoms with van der Waals surface area (Å²) >= 11 is 0. The average molecular weight is 314 g/mol. The molecule has 0 saturated heterocycles. The second-order valence-corrected chi connectivity index (χ2v) is 4.72. The number of alkyl halides is 3. The van der Waals surface area contributed by atoms with E-state index in [-0.39, 0.29) is 12.2 Å². The van der Waals surface area contributed by atoms with E-state index in [1.807, 2.05) is 0 Å². The molecule has 22 heavy (non-hydrogen) atoms. The molecule has 0 atom stereocenters. The number of benzene rings is 1. The maximum atomic E-state index is 13.0. The second kappa shape index (κ2) is 5.66. The molecule has 0 aliphatic rings. The predicted molar refractivity (Wildman–Crippen MR) is 73.4 cm³/mol. The number of anilines is 1. The number of nitrogens with zero attached hydrogens (tertiary/aromatic N) is 3. The molecule has 1 N–H and O–H groups in total. The van der Waals surface area contributed by atoms with Gasteiger partial charge in [-0.15, -0.1) is 0 Å². The summed E-state index contributed by atoms with van der Waals surface area (Å²) in [6.45, 7) is 1.94. The highest BCUT2D eigenvalue weighted by Crippen LogP contribution is 2.37. The maximum absolute atomic E-state index is 13.0. The van der Waals surface area contributed by atoms with Gasteiger partial charge in [0, 0.05) is 42.7 Å². The molecule has 9 heteroatoms. The molecule has 0 fully saturated rings. The number of halogens is 3. The first-order valence-corrected chi connectivity index (χ1v) is 6.27. The molecule has 1 heterocycles. The van der Waals surface area contributed by atoms with E-state index in [0.29, 0.717) is 6.07 Å². The molecule has 0 saturated carbocycles. The summed E-state index contributed by atoms with van der Waals surface area (Å²) < 4.78 is 40.7. The minimum Gasteiger partial charge on any atom is -0.380 e. The van der Waals surface area contributed by atoms with Gasteiger partial charge in [-0.2, -0.15) is 18.3 Å². The van der Waals surface area contributed by atoms with E-state index in [2.05, 4.69) is 10.4 Å². The topological polar surface area (TPSA) is 73.0 Å². The molecule has 0 aliphatic heterocycles. The van der Waals surface area contributed by atoms with Crippen LogP contribution in [-0.2, 0) is 19.8 Å². The molecule has 1 aromatic carbocycles. The normalized spacial score (nSPS) is 11.5. The third kappa shape index (κ3) is 3.18. The smallest absolute Gasteiger partial charge is 0.380 e. The lowest BCUT2D eigenvalue weighted by Gasteiger charge is -2.14. The fraction of sp³-hybridized carbons (Fsp3) is 0.308. The lowest BCUT2D eigenvalue weighted by molar-refractivity contribution is -0.385. The number of nitrogens with one attached hydrogen (secondary N) is 1. The van der Waals surface area contributed by atoms with Gasteiger partial charge in [0.2, 0.25) is 0 Å². The van der Waals surface area contributed by atoms with Gasteiger partial charge in [0.1, 0.15) is 0 Å². The number of rotatable bonds is 4. The monoisotopic (exact) mass is 314 g/mol. The predicted octanol–water partition coefficient (Wildman–Crippen LogP) is 3.27. The summed E-state index contributed by atoms with van der Waals surface area (Å²) in [5, 5.41) is 17.3. The first kappa shape index (κ1) is 15.8. The molecule has 2 rings (SSSR count). The van der Waals surface area contributed by atoms with Crippen molar-refractivity contribution in [3.63, 3.8) is 0 Å². The number of nitro benzene ring substituents is 1. The Kier molecular flexibility index (Phi) is 4.07. The van der Waals surface area contributed by atoms with E-state index >= 15 is 0 Å². The van der Waals surface area contributed by atoms with Gasteiger partial charge in [0.25, 0.3) is 5.69 Å². The minimum absolute atomic E-state index is 0.139. The van der Waals surface area contributed by atoms with Gasteiger partial charge in [0.15, 0.2) is 0 Å². The number of non-ortho nitro benzene ring substituents is 1. The summed E-state index contributed by atoms with van der Waals surface area (Å²) in [6, 6.07) is 2.62. The first-order valence-electron chi connectivity index (χ1n) is 6.27. The van der Waals surface area contributed by atoms with Gasteiger partial charge < -0.3 is 5.32 Å². The molecule has 0 aliphatic carbocycles. The first-order chi connectivity index (χ1) is 10.2. The van der Waals surface area contributed by atoms with E-state index in [1.54, 1.807) is 24.9 Å². The molecule has 2 aromatic rings. The summed E-state index contributed by atoms with van der Waals surface area (Å²) in [6.07, 6.45) is -3.13. The van der Waals surface area contributed by atoms with Crippen LogP contribution in [0.25, 0.3) is 0 Å². The van der Waals surface area contributed by atoms with Crippen LogP contribution in [0.3, 0.4) is 0 Å². The average Bonchev–Trinajstić information content (AvgIpc) is 2.75. The largest absolute Gasteiger partial charge is 0.418 e. The molecule has 6 nitrogen and oxygen atoms in total. The lowest BCUT2D eigenvalue weighted by atomic mass is 10.1. The van der Waals surface area contributed by atoms with Crippen LogP contribution < -0.4 is 5.32 Å². The second-order valence-electron chi connectivity index (χ2n) is 4.72. The van der Waals surface area contributed by atoms with Crippen molar-refractivity contribution in [2.75, 3.05) is 5.32 Å². The van der Waals surface area contributed by atoms with Gasteiger partial charge in [-0.1, -0.05) is 0 Å². The third-order valence-corrected chi connectivity index (χ3v) is 3.33. The number of nitro groups is 1. The molecular weight excluding hydrogens is 301 g/mol. The van der Waals surface area contributed by atoms with Crippen LogP contribution >= 0.6 is 0 Å². The van der Waals surface area contributed by atoms with Crippen molar-refractivity contribution in [1.82, 2.24) is 9.78 Å². The highest BCUT2D eigenvalue weighted by Gasteiger charge is 2.35. The van der Waals surface area contributed by atoms with Gasteiger partial charge in [-0.3, -0.25) is 14.8 Å². The number of aryl methyl sites for hydroxylation is 1. The zero-order valence-electron chi connectivity index (χ0n) is 11.8. The Morgan fingerprint density at radius 3 is 2.59 bits per heavy atom. The highest BCUT2D eigenvalue weighted by atomic mass is 19.4. The maximum Gasteiger partial charge on any atom is 0.418 e. The van der Waals surface area contributed by atoms with Crippen molar-refractivity contribution in [3.05, 3.63) is 51.3 Å². The van der Waals surface area contributed by atoms with Crippen molar-refractivity contribution in [3.8, 4) is 0 Å². The lowest BCUT2D eigenvalue weighted by Crippen LogP contribution is -2.11. The third-order valence-electron chi connectivity index (χ3n) is 3.33. The van der Waals surface area contributed by atoms with E-state index in [1.165, 1.54) is 0 Å². The molecule has 118 valence electrons. The number of aromatic nitrogens is 2. The van der Waals surface area contributed by atoms with Crippen LogP contribution in [0.5, 0.6) is 0 Å². The molecule has 0 amide bonds. The summed E-state index contributed by atoms with van der Waals surface area (Å²) in [4.78, 5) is 9.77. The molecular formula is C13H13F3N4O2. The van der Waals surface area contributed by atoms with Crippen LogP contribution in [0.1, 0.15) is 16.8 Å². The molecule has 0 unspecified atom stereocenters.